The molecule has 1 heterocycles. The Morgan fingerprint density at radius 1 is 1.39 bits per heavy atom. The second-order valence-corrected chi connectivity index (χ2v) is 4.29. The van der Waals surface area contributed by atoms with Crippen LogP contribution in [0.15, 0.2) is 35.3 Å². The Hall–Kier alpha value is -1.85. The lowest BCUT2D eigenvalue weighted by Gasteiger charge is -2.10. The van der Waals surface area contributed by atoms with Crippen molar-refractivity contribution in [2.24, 2.45) is 5.84 Å². The fraction of sp³-hybridized carbons (Fsp3) is 0.167. The molecular formula is C12H12ClN3O2. The number of rotatable bonds is 3. The number of aromatic nitrogens is 1. The van der Waals surface area contributed by atoms with Gasteiger partial charge in [-0.2, -0.15) is 0 Å². The van der Waals surface area contributed by atoms with Crippen molar-refractivity contribution in [3.05, 3.63) is 45.7 Å². The van der Waals surface area contributed by atoms with E-state index in [1.807, 2.05) is 0 Å². The fourth-order valence-electron chi connectivity index (χ4n) is 1.77. The molecule has 3 N–H and O–H groups in total. The number of amides is 1. The zero-order valence-electron chi connectivity index (χ0n) is 9.52. The highest BCUT2D eigenvalue weighted by atomic mass is 35.5. The molecule has 0 atom stereocenters. The molecule has 1 aromatic carbocycles. The molecule has 0 aliphatic rings. The van der Waals surface area contributed by atoms with Crippen LogP contribution < -0.4 is 16.7 Å². The molecule has 0 saturated heterocycles. The Balaban J connectivity index is 2.44. The van der Waals surface area contributed by atoms with E-state index in [0.717, 1.165) is 0 Å². The Morgan fingerprint density at radius 3 is 2.89 bits per heavy atom. The number of nitrogens with one attached hydrogen (secondary N) is 1. The molecule has 18 heavy (non-hydrogen) atoms. The summed E-state index contributed by atoms with van der Waals surface area (Å²) in [5.74, 6) is 4.76. The first-order chi connectivity index (χ1) is 8.61. The monoisotopic (exact) mass is 265 g/mol. The van der Waals surface area contributed by atoms with Gasteiger partial charge >= 0.3 is 0 Å². The summed E-state index contributed by atoms with van der Waals surface area (Å²) in [6, 6.07) is 6.52. The van der Waals surface area contributed by atoms with Crippen molar-refractivity contribution in [3.63, 3.8) is 0 Å². The molecule has 2 aromatic rings. The summed E-state index contributed by atoms with van der Waals surface area (Å²) >= 11 is 5.92. The maximum absolute atomic E-state index is 11.7. The average Bonchev–Trinajstić information content (AvgIpc) is 2.37. The Kier molecular flexibility index (Phi) is 3.64. The van der Waals surface area contributed by atoms with Crippen molar-refractivity contribution >= 4 is 28.4 Å². The van der Waals surface area contributed by atoms with Gasteiger partial charge in [-0.1, -0.05) is 11.6 Å². The number of halogens is 1. The SMILES string of the molecule is NNC(=O)CCn1ccc(=O)c2ccc(Cl)cc21. The lowest BCUT2D eigenvalue weighted by Crippen LogP contribution is -2.30. The van der Waals surface area contributed by atoms with E-state index in [-0.39, 0.29) is 17.8 Å². The lowest BCUT2D eigenvalue weighted by atomic mass is 10.2. The largest absolute Gasteiger partial charge is 0.347 e. The normalized spacial score (nSPS) is 10.6. The van der Waals surface area contributed by atoms with Crippen LogP contribution >= 0.6 is 11.6 Å². The quantitative estimate of drug-likeness (QED) is 0.494. The van der Waals surface area contributed by atoms with Crippen LogP contribution in [-0.4, -0.2) is 10.5 Å². The third-order valence-corrected chi connectivity index (χ3v) is 2.92. The van der Waals surface area contributed by atoms with E-state index >= 15 is 0 Å². The smallest absolute Gasteiger partial charge is 0.235 e. The number of fused-ring (bicyclic) bond motifs is 1. The van der Waals surface area contributed by atoms with Crippen molar-refractivity contribution < 1.29 is 4.79 Å². The van der Waals surface area contributed by atoms with E-state index in [2.05, 4.69) is 5.43 Å². The van der Waals surface area contributed by atoms with E-state index in [4.69, 9.17) is 17.4 Å². The number of aryl methyl sites for hydroxylation is 1. The fourth-order valence-corrected chi connectivity index (χ4v) is 1.93. The Morgan fingerprint density at radius 2 is 2.17 bits per heavy atom. The van der Waals surface area contributed by atoms with Crippen LogP contribution in [0.4, 0.5) is 0 Å². The van der Waals surface area contributed by atoms with Crippen molar-refractivity contribution in [1.82, 2.24) is 9.99 Å². The summed E-state index contributed by atoms with van der Waals surface area (Å²) in [6.07, 6.45) is 1.88. The van der Waals surface area contributed by atoms with E-state index in [1.165, 1.54) is 6.07 Å². The molecule has 0 unspecified atom stereocenters. The number of carbonyl (C=O) groups excluding carboxylic acids is 1. The van der Waals surface area contributed by atoms with Gasteiger partial charge in [-0.05, 0) is 18.2 Å². The first-order valence-corrected chi connectivity index (χ1v) is 5.78. The molecule has 0 fully saturated rings. The highest BCUT2D eigenvalue weighted by molar-refractivity contribution is 6.31. The number of benzene rings is 1. The number of hydrogen-bond donors (Lipinski definition) is 2. The summed E-state index contributed by atoms with van der Waals surface area (Å²) in [5, 5.41) is 1.13. The summed E-state index contributed by atoms with van der Waals surface area (Å²) in [6.45, 7) is 0.431. The molecule has 1 aromatic heterocycles. The highest BCUT2D eigenvalue weighted by Gasteiger charge is 2.05. The third kappa shape index (κ3) is 2.52. The van der Waals surface area contributed by atoms with Gasteiger partial charge in [0.15, 0.2) is 5.43 Å². The van der Waals surface area contributed by atoms with Crippen molar-refractivity contribution in [1.29, 1.82) is 0 Å². The number of hydrazine groups is 1. The minimum Gasteiger partial charge on any atom is -0.347 e. The van der Waals surface area contributed by atoms with Gasteiger partial charge in [0.05, 0.1) is 5.52 Å². The molecule has 0 aliphatic heterocycles. The minimum atomic E-state index is -0.260. The van der Waals surface area contributed by atoms with Gasteiger partial charge in [0.2, 0.25) is 5.91 Å². The van der Waals surface area contributed by atoms with E-state index in [0.29, 0.717) is 22.5 Å². The predicted molar refractivity (Wildman–Crippen MR) is 70.2 cm³/mol. The predicted octanol–water partition coefficient (Wildman–Crippen LogP) is 1.03. The van der Waals surface area contributed by atoms with Gasteiger partial charge < -0.3 is 4.57 Å². The van der Waals surface area contributed by atoms with Gasteiger partial charge in [0, 0.05) is 35.6 Å². The van der Waals surface area contributed by atoms with E-state index < -0.39 is 0 Å². The van der Waals surface area contributed by atoms with Crippen LogP contribution in [0.3, 0.4) is 0 Å². The number of pyridine rings is 1. The summed E-state index contributed by atoms with van der Waals surface area (Å²) in [5.41, 5.74) is 2.71. The summed E-state index contributed by atoms with van der Waals surface area (Å²) in [7, 11) is 0. The van der Waals surface area contributed by atoms with Gasteiger partial charge in [0.1, 0.15) is 0 Å². The average molecular weight is 266 g/mol. The second kappa shape index (κ2) is 5.20. The molecule has 94 valence electrons. The van der Waals surface area contributed by atoms with Gasteiger partial charge in [0.25, 0.3) is 0 Å². The number of hydrogen-bond acceptors (Lipinski definition) is 3. The third-order valence-electron chi connectivity index (χ3n) is 2.68. The van der Waals surface area contributed by atoms with Gasteiger partial charge in [-0.15, -0.1) is 0 Å². The molecule has 0 aliphatic carbocycles. The molecule has 0 saturated carbocycles. The number of carbonyl (C=O) groups is 1. The first kappa shape index (κ1) is 12.6. The van der Waals surface area contributed by atoms with Crippen molar-refractivity contribution in [2.45, 2.75) is 13.0 Å². The van der Waals surface area contributed by atoms with Crippen molar-refractivity contribution in [2.75, 3.05) is 0 Å². The van der Waals surface area contributed by atoms with Crippen LogP contribution in [0.1, 0.15) is 6.42 Å². The summed E-state index contributed by atoms with van der Waals surface area (Å²) in [4.78, 5) is 22.8. The van der Waals surface area contributed by atoms with Crippen LogP contribution in [-0.2, 0) is 11.3 Å². The van der Waals surface area contributed by atoms with Crippen LogP contribution in [0.5, 0.6) is 0 Å². The maximum atomic E-state index is 11.7. The van der Waals surface area contributed by atoms with E-state index in [9.17, 15) is 9.59 Å². The minimum absolute atomic E-state index is 0.0683. The lowest BCUT2D eigenvalue weighted by molar-refractivity contribution is -0.121. The van der Waals surface area contributed by atoms with Gasteiger partial charge in [-0.25, -0.2) is 5.84 Å². The molecule has 6 heteroatoms. The van der Waals surface area contributed by atoms with Crippen molar-refractivity contribution in [3.8, 4) is 0 Å². The van der Waals surface area contributed by atoms with Crippen LogP contribution in [0.2, 0.25) is 5.02 Å². The number of nitrogens with two attached hydrogens (primary N) is 1. The second-order valence-electron chi connectivity index (χ2n) is 3.85. The highest BCUT2D eigenvalue weighted by Crippen LogP contribution is 2.16. The maximum Gasteiger partial charge on any atom is 0.235 e. The Labute approximate surface area is 108 Å². The summed E-state index contributed by atoms with van der Waals surface area (Å²) < 4.78 is 1.80. The van der Waals surface area contributed by atoms with Crippen LogP contribution in [0.25, 0.3) is 10.9 Å². The van der Waals surface area contributed by atoms with Gasteiger partial charge in [-0.3, -0.25) is 15.0 Å². The molecule has 0 radical (unpaired) electrons. The standard InChI is InChI=1S/C12H12ClN3O2/c13-8-1-2-9-10(7-8)16(5-3-11(9)17)6-4-12(18)15-14/h1-3,5,7H,4,6,14H2,(H,15,18). The number of nitrogens with zero attached hydrogens (tertiary/aromatic N) is 1. The first-order valence-electron chi connectivity index (χ1n) is 5.40. The topological polar surface area (TPSA) is 77.1 Å². The van der Waals surface area contributed by atoms with Crippen LogP contribution in [0, 0.1) is 0 Å². The Bertz CT molecular complexity index is 651. The zero-order chi connectivity index (χ0) is 13.1. The van der Waals surface area contributed by atoms with E-state index in [1.54, 1.807) is 29.0 Å². The molecule has 0 spiro atoms. The zero-order valence-corrected chi connectivity index (χ0v) is 10.3. The molecule has 1 amide bonds. The molecule has 0 bridgehead atoms. The molecule has 5 nitrogen and oxygen atoms in total. The molecule has 2 rings (SSSR count). The molecular weight excluding hydrogens is 254 g/mol.